The van der Waals surface area contributed by atoms with E-state index in [1.54, 1.807) is 0 Å². The summed E-state index contributed by atoms with van der Waals surface area (Å²) in [6.45, 7) is 1.42. The number of urea groups is 1. The summed E-state index contributed by atoms with van der Waals surface area (Å²) in [6, 6.07) is 0.447. The highest BCUT2D eigenvalue weighted by atomic mass is 32.2. The molecular formula is C18H27N3O4S. The standard InChI is InChI=1S/C18H27N3O4S/c22-14(21-7-5-18(6-8-21)9-11(18)16(23)24)4-2-1-3-13-15-12(10-26-13)19-17(25)20-15/h11-13,15H,1-10H2,(H,23,24)(H2,19,20,25)/t11?,12-,13-,15-/m0/s1. The van der Waals surface area contributed by atoms with Crippen LogP contribution in [0.3, 0.4) is 0 Å². The van der Waals surface area contributed by atoms with Gasteiger partial charge in [-0.3, -0.25) is 9.59 Å². The zero-order valence-electron chi connectivity index (χ0n) is 14.9. The quantitative estimate of drug-likeness (QED) is 0.477. The summed E-state index contributed by atoms with van der Waals surface area (Å²) >= 11 is 1.91. The Hall–Kier alpha value is -1.44. The van der Waals surface area contributed by atoms with Crippen LogP contribution in [0.1, 0.15) is 44.9 Å². The Kier molecular flexibility index (Phi) is 4.79. The molecule has 8 heteroatoms. The molecule has 0 aromatic carbocycles. The van der Waals surface area contributed by atoms with Gasteiger partial charge >= 0.3 is 12.0 Å². The first-order valence-electron chi connectivity index (χ1n) is 9.68. The highest BCUT2D eigenvalue weighted by Gasteiger charge is 2.59. The van der Waals surface area contributed by atoms with Gasteiger partial charge < -0.3 is 20.6 Å². The van der Waals surface area contributed by atoms with Crippen LogP contribution < -0.4 is 10.6 Å². The van der Waals surface area contributed by atoms with Crippen LogP contribution >= 0.6 is 11.8 Å². The number of carbonyl (C=O) groups excluding carboxylic acids is 2. The molecule has 1 saturated carbocycles. The number of carbonyl (C=O) groups is 3. The first-order chi connectivity index (χ1) is 12.5. The number of rotatable bonds is 6. The summed E-state index contributed by atoms with van der Waals surface area (Å²) in [6.07, 6.45) is 5.96. The first kappa shape index (κ1) is 17.9. The fraction of sp³-hybridized carbons (Fsp3) is 0.833. The van der Waals surface area contributed by atoms with E-state index in [0.29, 0.717) is 24.8 Å². The smallest absolute Gasteiger partial charge is 0.315 e. The Balaban J connectivity index is 1.13. The molecule has 3 heterocycles. The average molecular weight is 381 g/mol. The molecule has 0 aromatic heterocycles. The van der Waals surface area contributed by atoms with E-state index in [0.717, 1.165) is 44.3 Å². The molecule has 3 amide bonds. The molecule has 4 rings (SSSR count). The van der Waals surface area contributed by atoms with E-state index >= 15 is 0 Å². The molecule has 26 heavy (non-hydrogen) atoms. The van der Waals surface area contributed by atoms with Gasteiger partial charge in [-0.15, -0.1) is 0 Å². The molecule has 3 aliphatic heterocycles. The molecule has 0 radical (unpaired) electrons. The molecular weight excluding hydrogens is 354 g/mol. The van der Waals surface area contributed by atoms with Crippen LogP contribution in [0, 0.1) is 11.3 Å². The van der Waals surface area contributed by atoms with Gasteiger partial charge in [-0.1, -0.05) is 6.42 Å². The Labute approximate surface area is 157 Å². The van der Waals surface area contributed by atoms with Crippen molar-refractivity contribution in [3.63, 3.8) is 0 Å². The highest BCUT2D eigenvalue weighted by Crippen LogP contribution is 2.59. The number of amides is 3. The lowest BCUT2D eigenvalue weighted by atomic mass is 9.90. The fourth-order valence-electron chi connectivity index (χ4n) is 4.87. The predicted molar refractivity (Wildman–Crippen MR) is 97.9 cm³/mol. The number of piperidine rings is 1. The Morgan fingerprint density at radius 3 is 2.69 bits per heavy atom. The Morgan fingerprint density at radius 2 is 2.00 bits per heavy atom. The second-order valence-electron chi connectivity index (χ2n) is 8.21. The number of thioether (sulfide) groups is 1. The number of hydrogen-bond donors (Lipinski definition) is 3. The normalized spacial score (nSPS) is 34.3. The molecule has 1 unspecified atom stereocenters. The van der Waals surface area contributed by atoms with Gasteiger partial charge in [0.05, 0.1) is 18.0 Å². The van der Waals surface area contributed by atoms with Gasteiger partial charge in [0, 0.05) is 30.5 Å². The topological polar surface area (TPSA) is 98.7 Å². The minimum Gasteiger partial charge on any atom is -0.481 e. The highest BCUT2D eigenvalue weighted by molar-refractivity contribution is 8.00. The van der Waals surface area contributed by atoms with E-state index in [4.69, 9.17) is 5.11 Å². The largest absolute Gasteiger partial charge is 0.481 e. The molecule has 4 aliphatic rings. The SMILES string of the molecule is O=C1N[C@H]2[C@H](CS[C@H]2CCCCC(=O)N2CCC3(CC2)CC3C(=O)O)N1. The third-order valence-electron chi connectivity index (χ3n) is 6.67. The molecule has 3 N–H and O–H groups in total. The van der Waals surface area contributed by atoms with Crippen LogP contribution in [0.15, 0.2) is 0 Å². The second kappa shape index (κ2) is 6.94. The summed E-state index contributed by atoms with van der Waals surface area (Å²) in [7, 11) is 0. The number of nitrogens with one attached hydrogen (secondary N) is 2. The fourth-order valence-corrected chi connectivity index (χ4v) is 6.42. The molecule has 7 nitrogen and oxygen atoms in total. The van der Waals surface area contributed by atoms with E-state index in [9.17, 15) is 14.4 Å². The number of likely N-dealkylation sites (tertiary alicyclic amines) is 1. The van der Waals surface area contributed by atoms with Gasteiger partial charge in [0.25, 0.3) is 0 Å². The van der Waals surface area contributed by atoms with Crippen LogP contribution in [0.25, 0.3) is 0 Å². The molecule has 1 spiro atoms. The van der Waals surface area contributed by atoms with E-state index < -0.39 is 5.97 Å². The molecule has 0 bridgehead atoms. The van der Waals surface area contributed by atoms with E-state index in [2.05, 4.69) is 10.6 Å². The van der Waals surface area contributed by atoms with Crippen LogP contribution in [-0.2, 0) is 9.59 Å². The van der Waals surface area contributed by atoms with Gasteiger partial charge in [0.1, 0.15) is 0 Å². The van der Waals surface area contributed by atoms with Gasteiger partial charge in [-0.25, -0.2) is 4.79 Å². The zero-order chi connectivity index (χ0) is 18.3. The molecule has 0 aromatic rings. The third kappa shape index (κ3) is 3.40. The predicted octanol–water partition coefficient (Wildman–Crippen LogP) is 1.43. The molecule has 4 fully saturated rings. The summed E-state index contributed by atoms with van der Waals surface area (Å²) in [4.78, 5) is 36.8. The number of fused-ring (bicyclic) bond motifs is 1. The Morgan fingerprint density at radius 1 is 1.23 bits per heavy atom. The lowest BCUT2D eigenvalue weighted by molar-refractivity contribution is -0.139. The number of hydrogen-bond acceptors (Lipinski definition) is 4. The number of carboxylic acid groups (broad SMARTS) is 1. The summed E-state index contributed by atoms with van der Waals surface area (Å²) < 4.78 is 0. The number of aliphatic carboxylic acids is 1. The summed E-state index contributed by atoms with van der Waals surface area (Å²) in [5.74, 6) is 0.323. The third-order valence-corrected chi connectivity index (χ3v) is 8.18. The van der Waals surface area contributed by atoms with Crippen LogP contribution in [0.4, 0.5) is 4.79 Å². The lowest BCUT2D eigenvalue weighted by Gasteiger charge is -2.32. The van der Waals surface area contributed by atoms with Crippen molar-refractivity contribution < 1.29 is 19.5 Å². The van der Waals surface area contributed by atoms with Crippen LogP contribution in [0.5, 0.6) is 0 Å². The van der Waals surface area contributed by atoms with E-state index in [-0.39, 0.29) is 35.4 Å². The first-order valence-corrected chi connectivity index (χ1v) is 10.7. The molecule has 3 saturated heterocycles. The molecule has 144 valence electrons. The van der Waals surface area contributed by atoms with Crippen molar-refractivity contribution in [2.45, 2.75) is 62.3 Å². The lowest BCUT2D eigenvalue weighted by Crippen LogP contribution is -2.40. The minimum atomic E-state index is -0.676. The van der Waals surface area contributed by atoms with Crippen molar-refractivity contribution in [3.8, 4) is 0 Å². The molecule has 1 aliphatic carbocycles. The van der Waals surface area contributed by atoms with Crippen LogP contribution in [-0.4, -0.2) is 64.1 Å². The minimum absolute atomic E-state index is 0.0153. The number of carboxylic acids is 1. The Bertz CT molecular complexity index is 605. The number of nitrogens with zero attached hydrogens (tertiary/aromatic N) is 1. The van der Waals surface area contributed by atoms with Crippen molar-refractivity contribution >= 4 is 29.7 Å². The summed E-state index contributed by atoms with van der Waals surface area (Å²) in [5, 5.41) is 15.5. The maximum Gasteiger partial charge on any atom is 0.315 e. The van der Waals surface area contributed by atoms with Gasteiger partial charge in [-0.05, 0) is 37.5 Å². The molecule has 4 atom stereocenters. The van der Waals surface area contributed by atoms with E-state index in [1.807, 2.05) is 16.7 Å². The van der Waals surface area contributed by atoms with Crippen molar-refractivity contribution in [1.82, 2.24) is 15.5 Å². The average Bonchev–Trinajstić information content (AvgIpc) is 2.99. The maximum atomic E-state index is 12.4. The monoisotopic (exact) mass is 381 g/mol. The maximum absolute atomic E-state index is 12.4. The van der Waals surface area contributed by atoms with Crippen LogP contribution in [0.2, 0.25) is 0 Å². The van der Waals surface area contributed by atoms with E-state index in [1.165, 1.54) is 0 Å². The van der Waals surface area contributed by atoms with Crippen molar-refractivity contribution in [3.05, 3.63) is 0 Å². The van der Waals surface area contributed by atoms with Gasteiger partial charge in [0.2, 0.25) is 5.91 Å². The van der Waals surface area contributed by atoms with Crippen molar-refractivity contribution in [2.75, 3.05) is 18.8 Å². The second-order valence-corrected chi connectivity index (χ2v) is 9.48. The van der Waals surface area contributed by atoms with Crippen molar-refractivity contribution in [2.24, 2.45) is 11.3 Å². The zero-order valence-corrected chi connectivity index (χ0v) is 15.7. The number of unbranched alkanes of at least 4 members (excludes halogenated alkanes) is 1. The summed E-state index contributed by atoms with van der Waals surface area (Å²) in [5.41, 5.74) is -0.0153. The van der Waals surface area contributed by atoms with Gasteiger partial charge in [-0.2, -0.15) is 11.8 Å². The van der Waals surface area contributed by atoms with Crippen molar-refractivity contribution in [1.29, 1.82) is 0 Å². The van der Waals surface area contributed by atoms with Gasteiger partial charge in [0.15, 0.2) is 0 Å².